The molecule has 5 heteroatoms. The molecule has 1 unspecified atom stereocenters. The van der Waals surface area contributed by atoms with E-state index < -0.39 is 0 Å². The van der Waals surface area contributed by atoms with Crippen LogP contribution >= 0.6 is 23.2 Å². The molecular weight excluding hydrogens is 343 g/mol. The molecule has 1 aromatic carbocycles. The van der Waals surface area contributed by atoms with Crippen molar-refractivity contribution in [1.29, 1.82) is 0 Å². The highest BCUT2D eigenvalue weighted by Gasteiger charge is 2.18. The lowest BCUT2D eigenvalue weighted by Gasteiger charge is -2.18. The molecular formula is C19H24Cl2N2O. The summed E-state index contributed by atoms with van der Waals surface area (Å²) in [5.74, 6) is 0.643. The van der Waals surface area contributed by atoms with Crippen LogP contribution in [0.5, 0.6) is 5.88 Å². The van der Waals surface area contributed by atoms with Crippen LogP contribution in [0.3, 0.4) is 0 Å². The van der Waals surface area contributed by atoms with Crippen molar-refractivity contribution in [3.05, 3.63) is 39.6 Å². The lowest BCUT2D eigenvalue weighted by Crippen LogP contribution is -2.15. The summed E-state index contributed by atoms with van der Waals surface area (Å²) in [5, 5.41) is 1.19. The topological polar surface area (TPSA) is 35.0 Å². The Kier molecular flexibility index (Phi) is 6.88. The summed E-state index contributed by atoms with van der Waals surface area (Å²) in [6.45, 7) is 8.33. The van der Waals surface area contributed by atoms with Gasteiger partial charge >= 0.3 is 0 Å². The average molecular weight is 367 g/mol. The number of ether oxygens (including phenoxy) is 1. The molecule has 0 aliphatic rings. The molecule has 3 nitrogen and oxygen atoms in total. The standard InChI is InChI=1S/C19H24Cl2N2O/c1-5-8-12(4)24-19-17(7-3)22-18(16(6-2)23-19)14-10-9-13(20)11-15(14)21/h9-12H,5-8H2,1-4H3. The first kappa shape index (κ1) is 19.0. The zero-order chi connectivity index (χ0) is 17.7. The summed E-state index contributed by atoms with van der Waals surface area (Å²) >= 11 is 12.4. The molecule has 0 aliphatic carbocycles. The van der Waals surface area contributed by atoms with E-state index in [1.807, 2.05) is 12.1 Å². The van der Waals surface area contributed by atoms with Crippen LogP contribution in [-0.2, 0) is 12.8 Å². The molecule has 0 amide bonds. The number of benzene rings is 1. The summed E-state index contributed by atoms with van der Waals surface area (Å²) in [7, 11) is 0. The summed E-state index contributed by atoms with van der Waals surface area (Å²) < 4.78 is 6.03. The molecule has 130 valence electrons. The summed E-state index contributed by atoms with van der Waals surface area (Å²) in [5.41, 5.74) is 3.41. The Morgan fingerprint density at radius 2 is 1.75 bits per heavy atom. The van der Waals surface area contributed by atoms with Crippen LogP contribution in [0, 0.1) is 0 Å². The van der Waals surface area contributed by atoms with Gasteiger partial charge in [0.2, 0.25) is 5.88 Å². The molecule has 2 rings (SSSR count). The number of aromatic nitrogens is 2. The Hall–Kier alpha value is -1.32. The van der Waals surface area contributed by atoms with Gasteiger partial charge in [-0.2, -0.15) is 0 Å². The van der Waals surface area contributed by atoms with Crippen molar-refractivity contribution in [2.24, 2.45) is 0 Å². The molecule has 1 atom stereocenters. The van der Waals surface area contributed by atoms with Crippen LogP contribution < -0.4 is 4.74 Å². The van der Waals surface area contributed by atoms with Gasteiger partial charge in [-0.05, 0) is 44.4 Å². The van der Waals surface area contributed by atoms with Crippen molar-refractivity contribution in [2.45, 2.75) is 59.5 Å². The van der Waals surface area contributed by atoms with E-state index in [1.165, 1.54) is 0 Å². The van der Waals surface area contributed by atoms with E-state index in [4.69, 9.17) is 37.9 Å². The van der Waals surface area contributed by atoms with Gasteiger partial charge in [0, 0.05) is 10.6 Å². The normalized spacial score (nSPS) is 12.2. The highest BCUT2D eigenvalue weighted by Crippen LogP contribution is 2.33. The lowest BCUT2D eigenvalue weighted by molar-refractivity contribution is 0.198. The van der Waals surface area contributed by atoms with Crippen LogP contribution in [0.15, 0.2) is 18.2 Å². The fourth-order valence-corrected chi connectivity index (χ4v) is 3.11. The molecule has 1 heterocycles. The van der Waals surface area contributed by atoms with Crippen molar-refractivity contribution in [2.75, 3.05) is 0 Å². The molecule has 1 aromatic heterocycles. The smallest absolute Gasteiger partial charge is 0.236 e. The second kappa shape index (κ2) is 8.68. The zero-order valence-electron chi connectivity index (χ0n) is 14.7. The van der Waals surface area contributed by atoms with Crippen molar-refractivity contribution in [3.8, 4) is 17.1 Å². The van der Waals surface area contributed by atoms with Gasteiger partial charge in [0.15, 0.2) is 0 Å². The first-order valence-electron chi connectivity index (χ1n) is 8.51. The van der Waals surface area contributed by atoms with Gasteiger partial charge in [0.05, 0.1) is 22.5 Å². The molecule has 24 heavy (non-hydrogen) atoms. The average Bonchev–Trinajstić information content (AvgIpc) is 2.55. The van der Waals surface area contributed by atoms with E-state index in [9.17, 15) is 0 Å². The fraction of sp³-hybridized carbons (Fsp3) is 0.474. The minimum absolute atomic E-state index is 0.129. The number of hydrogen-bond acceptors (Lipinski definition) is 3. The maximum atomic E-state index is 6.37. The molecule has 0 saturated carbocycles. The van der Waals surface area contributed by atoms with Crippen LogP contribution in [0.1, 0.15) is 51.9 Å². The molecule has 2 aromatic rings. The summed E-state index contributed by atoms with van der Waals surface area (Å²) in [6, 6.07) is 5.45. The highest BCUT2D eigenvalue weighted by atomic mass is 35.5. The van der Waals surface area contributed by atoms with Crippen LogP contribution in [-0.4, -0.2) is 16.1 Å². The van der Waals surface area contributed by atoms with Crippen molar-refractivity contribution in [3.63, 3.8) is 0 Å². The van der Waals surface area contributed by atoms with Gasteiger partial charge in [-0.15, -0.1) is 0 Å². The molecule has 0 spiro atoms. The Labute approximate surface area is 154 Å². The van der Waals surface area contributed by atoms with E-state index in [2.05, 4.69) is 27.7 Å². The van der Waals surface area contributed by atoms with E-state index in [1.54, 1.807) is 6.07 Å². The van der Waals surface area contributed by atoms with Gasteiger partial charge in [-0.3, -0.25) is 0 Å². The van der Waals surface area contributed by atoms with E-state index in [0.29, 0.717) is 15.9 Å². The Bertz CT molecular complexity index is 704. The summed E-state index contributed by atoms with van der Waals surface area (Å²) in [4.78, 5) is 9.57. The first-order valence-corrected chi connectivity index (χ1v) is 9.27. The first-order chi connectivity index (χ1) is 11.5. The predicted molar refractivity (Wildman–Crippen MR) is 101 cm³/mol. The number of nitrogens with zero attached hydrogens (tertiary/aromatic N) is 2. The molecule has 0 aliphatic heterocycles. The molecule has 0 radical (unpaired) electrons. The van der Waals surface area contributed by atoms with Gasteiger partial charge in [0.1, 0.15) is 5.69 Å². The quantitative estimate of drug-likeness (QED) is 0.589. The highest BCUT2D eigenvalue weighted by molar-refractivity contribution is 6.36. The van der Waals surface area contributed by atoms with Gasteiger partial charge in [-0.25, -0.2) is 9.97 Å². The Morgan fingerprint density at radius 3 is 2.33 bits per heavy atom. The maximum Gasteiger partial charge on any atom is 0.236 e. The van der Waals surface area contributed by atoms with Crippen LogP contribution in [0.25, 0.3) is 11.3 Å². The molecule has 0 N–H and O–H groups in total. The fourth-order valence-electron chi connectivity index (χ4n) is 2.61. The van der Waals surface area contributed by atoms with E-state index >= 15 is 0 Å². The zero-order valence-corrected chi connectivity index (χ0v) is 16.2. The third-order valence-electron chi connectivity index (χ3n) is 3.87. The number of halogens is 2. The van der Waals surface area contributed by atoms with Gasteiger partial charge in [-0.1, -0.05) is 50.4 Å². The van der Waals surface area contributed by atoms with Crippen molar-refractivity contribution in [1.82, 2.24) is 9.97 Å². The molecule has 0 bridgehead atoms. The van der Waals surface area contributed by atoms with Crippen molar-refractivity contribution < 1.29 is 4.74 Å². The van der Waals surface area contributed by atoms with E-state index in [0.717, 1.165) is 48.3 Å². The number of hydrogen-bond donors (Lipinski definition) is 0. The maximum absolute atomic E-state index is 6.37. The van der Waals surface area contributed by atoms with E-state index in [-0.39, 0.29) is 6.10 Å². The lowest BCUT2D eigenvalue weighted by atomic mass is 10.1. The second-order valence-corrected chi connectivity index (χ2v) is 6.66. The SMILES string of the molecule is CCCC(C)Oc1nc(CC)c(-c2ccc(Cl)cc2Cl)nc1CC. The molecule has 0 saturated heterocycles. The van der Waals surface area contributed by atoms with Gasteiger partial charge < -0.3 is 4.74 Å². The monoisotopic (exact) mass is 366 g/mol. The third-order valence-corrected chi connectivity index (χ3v) is 4.42. The largest absolute Gasteiger partial charge is 0.473 e. The Morgan fingerprint density at radius 1 is 1.04 bits per heavy atom. The summed E-state index contributed by atoms with van der Waals surface area (Å²) in [6.07, 6.45) is 3.71. The Balaban J connectivity index is 2.49. The number of aryl methyl sites for hydroxylation is 2. The minimum Gasteiger partial charge on any atom is -0.473 e. The third kappa shape index (κ3) is 4.40. The van der Waals surface area contributed by atoms with Crippen LogP contribution in [0.4, 0.5) is 0 Å². The van der Waals surface area contributed by atoms with Gasteiger partial charge in [0.25, 0.3) is 0 Å². The van der Waals surface area contributed by atoms with Crippen LogP contribution in [0.2, 0.25) is 10.0 Å². The van der Waals surface area contributed by atoms with Crippen molar-refractivity contribution >= 4 is 23.2 Å². The number of rotatable bonds is 7. The molecule has 0 fully saturated rings. The second-order valence-electron chi connectivity index (χ2n) is 5.82. The minimum atomic E-state index is 0.129. The predicted octanol–water partition coefficient (Wildman–Crippen LogP) is 6.14.